The summed E-state index contributed by atoms with van der Waals surface area (Å²) in [4.78, 5) is 21.0. The highest BCUT2D eigenvalue weighted by Crippen LogP contribution is 2.36. The monoisotopic (exact) mass is 484 g/mol. The number of hydrogen-bond acceptors (Lipinski definition) is 4. The molecule has 0 unspecified atom stereocenters. The van der Waals surface area contributed by atoms with Gasteiger partial charge in [-0.2, -0.15) is 0 Å². The Morgan fingerprint density at radius 3 is 2.68 bits per heavy atom. The van der Waals surface area contributed by atoms with Crippen LogP contribution in [0.5, 0.6) is 0 Å². The Morgan fingerprint density at radius 1 is 1.26 bits per heavy atom. The maximum absolute atomic E-state index is 12.0. The van der Waals surface area contributed by atoms with Crippen LogP contribution in [0.3, 0.4) is 0 Å². The van der Waals surface area contributed by atoms with Crippen molar-refractivity contribution in [2.45, 2.75) is 64.5 Å². The Kier molecular flexibility index (Phi) is 6.90. The maximum Gasteiger partial charge on any atom is 0.326 e. The zero-order valence-corrected chi connectivity index (χ0v) is 19.4. The largest absolute Gasteiger partial charge is 0.480 e. The third-order valence-electron chi connectivity index (χ3n) is 6.34. The average molecular weight is 485 g/mol. The topological polar surface area (TPSA) is 80.0 Å². The minimum absolute atomic E-state index is 0.377. The number of carboxylic acid groups (broad SMARTS) is 1. The SMILES string of the molecule is CCc1c(Br)c2c(N[C@H](Cc3ccccc3)C(=O)O)ncnc2n1CCC1CCCC1. The van der Waals surface area contributed by atoms with Gasteiger partial charge in [0.1, 0.15) is 23.8 Å². The van der Waals surface area contributed by atoms with E-state index in [1.54, 1.807) is 0 Å². The molecule has 1 atom stereocenters. The molecule has 2 N–H and O–H groups in total. The Bertz CT molecular complexity index is 1040. The first-order valence-corrected chi connectivity index (χ1v) is 11.9. The van der Waals surface area contributed by atoms with Gasteiger partial charge in [-0.15, -0.1) is 0 Å². The molecule has 3 aromatic rings. The van der Waals surface area contributed by atoms with E-state index >= 15 is 0 Å². The second-order valence-corrected chi connectivity index (χ2v) is 9.14. The van der Waals surface area contributed by atoms with Crippen LogP contribution in [0, 0.1) is 5.92 Å². The van der Waals surface area contributed by atoms with E-state index in [1.807, 2.05) is 30.3 Å². The van der Waals surface area contributed by atoms with Crippen LogP contribution in [0.1, 0.15) is 50.3 Å². The summed E-state index contributed by atoms with van der Waals surface area (Å²) >= 11 is 3.77. The van der Waals surface area contributed by atoms with E-state index in [9.17, 15) is 9.90 Å². The molecular weight excluding hydrogens is 456 g/mol. The number of fused-ring (bicyclic) bond motifs is 1. The van der Waals surface area contributed by atoms with Gasteiger partial charge < -0.3 is 15.0 Å². The maximum atomic E-state index is 12.0. The van der Waals surface area contributed by atoms with Gasteiger partial charge in [0.05, 0.1) is 9.86 Å². The quantitative estimate of drug-likeness (QED) is 0.422. The molecule has 0 aliphatic heterocycles. The molecule has 0 saturated heterocycles. The van der Waals surface area contributed by atoms with E-state index in [4.69, 9.17) is 0 Å². The first kappa shape index (κ1) is 21.8. The van der Waals surface area contributed by atoms with Crippen molar-refractivity contribution in [3.63, 3.8) is 0 Å². The lowest BCUT2D eigenvalue weighted by Crippen LogP contribution is -2.32. The van der Waals surface area contributed by atoms with Crippen LogP contribution in [0.15, 0.2) is 41.1 Å². The molecule has 0 radical (unpaired) electrons. The molecule has 0 amide bonds. The molecule has 6 nitrogen and oxygen atoms in total. The highest BCUT2D eigenvalue weighted by Gasteiger charge is 2.24. The van der Waals surface area contributed by atoms with E-state index in [2.05, 4.69) is 42.7 Å². The van der Waals surface area contributed by atoms with Crippen LogP contribution in [0.4, 0.5) is 5.82 Å². The predicted molar refractivity (Wildman–Crippen MR) is 126 cm³/mol. The van der Waals surface area contributed by atoms with Gasteiger partial charge in [0.2, 0.25) is 0 Å². The molecule has 0 bridgehead atoms. The number of carbonyl (C=O) groups is 1. The zero-order valence-electron chi connectivity index (χ0n) is 17.9. The average Bonchev–Trinajstić information content (AvgIpc) is 3.39. The van der Waals surface area contributed by atoms with Crippen molar-refractivity contribution in [3.05, 3.63) is 52.4 Å². The highest BCUT2D eigenvalue weighted by molar-refractivity contribution is 9.10. The minimum Gasteiger partial charge on any atom is -0.480 e. The molecule has 1 saturated carbocycles. The number of hydrogen-bond donors (Lipinski definition) is 2. The first-order valence-electron chi connectivity index (χ1n) is 11.1. The molecule has 1 aliphatic carbocycles. The number of benzene rings is 1. The van der Waals surface area contributed by atoms with Crippen molar-refractivity contribution in [1.29, 1.82) is 0 Å². The van der Waals surface area contributed by atoms with E-state index in [1.165, 1.54) is 37.7 Å². The minimum atomic E-state index is -0.900. The van der Waals surface area contributed by atoms with Crippen LogP contribution in [-0.4, -0.2) is 31.7 Å². The molecule has 4 rings (SSSR count). The predicted octanol–water partition coefficient (Wildman–Crippen LogP) is 5.44. The van der Waals surface area contributed by atoms with Crippen LogP contribution in [-0.2, 0) is 24.2 Å². The number of aromatic nitrogens is 3. The van der Waals surface area contributed by atoms with Gasteiger partial charge in [0, 0.05) is 18.7 Å². The summed E-state index contributed by atoms with van der Waals surface area (Å²) in [5, 5.41) is 13.9. The molecular formula is C24H29BrN4O2. The summed E-state index contributed by atoms with van der Waals surface area (Å²) in [6.45, 7) is 3.07. The summed E-state index contributed by atoms with van der Waals surface area (Å²) in [6, 6.07) is 8.88. The van der Waals surface area contributed by atoms with E-state index in [0.717, 1.165) is 46.4 Å². The molecule has 1 aliphatic rings. The number of aliphatic carboxylic acids is 1. The van der Waals surface area contributed by atoms with Crippen LogP contribution < -0.4 is 5.32 Å². The van der Waals surface area contributed by atoms with Gasteiger partial charge in [-0.1, -0.05) is 62.9 Å². The second-order valence-electron chi connectivity index (χ2n) is 8.35. The lowest BCUT2D eigenvalue weighted by molar-refractivity contribution is -0.137. The van der Waals surface area contributed by atoms with E-state index < -0.39 is 12.0 Å². The number of rotatable bonds is 9. The molecule has 0 spiro atoms. The second kappa shape index (κ2) is 9.81. The zero-order chi connectivity index (χ0) is 21.8. The number of halogens is 1. The lowest BCUT2D eigenvalue weighted by Gasteiger charge is -2.16. The number of nitrogens with zero attached hydrogens (tertiary/aromatic N) is 3. The smallest absolute Gasteiger partial charge is 0.326 e. The standard InChI is InChI=1S/C24H29BrN4O2/c1-2-19-21(25)20-22(28-18(24(30)31)14-17-10-4-3-5-11-17)26-15-27-23(20)29(19)13-12-16-8-6-7-9-16/h3-5,10-11,15-16,18H,2,6-9,12-14H2,1H3,(H,30,31)(H,26,27,28)/t18-/m1/s1. The van der Waals surface area contributed by atoms with Gasteiger partial charge >= 0.3 is 5.97 Å². The van der Waals surface area contributed by atoms with Gasteiger partial charge in [-0.25, -0.2) is 14.8 Å². The molecule has 2 aromatic heterocycles. The fraction of sp³-hybridized carbons (Fsp3) is 0.458. The van der Waals surface area contributed by atoms with Crippen molar-refractivity contribution in [1.82, 2.24) is 14.5 Å². The van der Waals surface area contributed by atoms with Crippen molar-refractivity contribution in [3.8, 4) is 0 Å². The van der Waals surface area contributed by atoms with Crippen molar-refractivity contribution in [2.24, 2.45) is 5.92 Å². The summed E-state index contributed by atoms with van der Waals surface area (Å²) in [7, 11) is 0. The lowest BCUT2D eigenvalue weighted by atomic mass is 10.0. The van der Waals surface area contributed by atoms with E-state index in [0.29, 0.717) is 12.2 Å². The number of carboxylic acids is 1. The number of anilines is 1. The van der Waals surface area contributed by atoms with Gasteiger partial charge in [-0.05, 0) is 40.3 Å². The Hall–Kier alpha value is -2.41. The van der Waals surface area contributed by atoms with Crippen molar-refractivity contribution >= 4 is 38.8 Å². The normalized spacial score (nSPS) is 15.4. The third-order valence-corrected chi connectivity index (χ3v) is 7.20. The Labute approximate surface area is 191 Å². The first-order chi connectivity index (χ1) is 15.1. The Morgan fingerprint density at radius 2 is 2.00 bits per heavy atom. The molecule has 7 heteroatoms. The van der Waals surface area contributed by atoms with Gasteiger partial charge in [0.15, 0.2) is 0 Å². The molecule has 31 heavy (non-hydrogen) atoms. The van der Waals surface area contributed by atoms with Crippen LogP contribution in [0.2, 0.25) is 0 Å². The Balaban J connectivity index is 1.65. The number of aryl methyl sites for hydroxylation is 1. The molecule has 1 fully saturated rings. The molecule has 1 aromatic carbocycles. The summed E-state index contributed by atoms with van der Waals surface area (Å²) < 4.78 is 3.25. The van der Waals surface area contributed by atoms with Gasteiger partial charge in [-0.3, -0.25) is 0 Å². The molecule has 2 heterocycles. The highest BCUT2D eigenvalue weighted by atomic mass is 79.9. The summed E-state index contributed by atoms with van der Waals surface area (Å²) in [5.74, 6) is 0.459. The van der Waals surface area contributed by atoms with Crippen molar-refractivity contribution in [2.75, 3.05) is 5.32 Å². The fourth-order valence-electron chi connectivity index (χ4n) is 4.70. The van der Waals surface area contributed by atoms with Gasteiger partial charge in [0.25, 0.3) is 0 Å². The van der Waals surface area contributed by atoms with E-state index in [-0.39, 0.29) is 0 Å². The van der Waals surface area contributed by atoms with Crippen molar-refractivity contribution < 1.29 is 9.90 Å². The summed E-state index contributed by atoms with van der Waals surface area (Å²) in [5.41, 5.74) is 3.02. The molecule has 164 valence electrons. The summed E-state index contributed by atoms with van der Waals surface area (Å²) in [6.07, 6.45) is 9.26. The third kappa shape index (κ3) is 4.76. The van der Waals surface area contributed by atoms with Crippen LogP contribution >= 0.6 is 15.9 Å². The number of nitrogens with one attached hydrogen (secondary N) is 1. The fourth-order valence-corrected chi connectivity index (χ4v) is 5.56. The van der Waals surface area contributed by atoms with Crippen LogP contribution in [0.25, 0.3) is 11.0 Å².